The van der Waals surface area contributed by atoms with Crippen LogP contribution >= 0.6 is 22.7 Å². The van der Waals surface area contributed by atoms with Crippen molar-refractivity contribution in [3.63, 3.8) is 0 Å². The average Bonchev–Trinajstić information content (AvgIpc) is 3.29. The lowest BCUT2D eigenvalue weighted by Gasteiger charge is -2.04. The summed E-state index contributed by atoms with van der Waals surface area (Å²) in [5.41, 5.74) is 1.44. The second-order valence-corrected chi connectivity index (χ2v) is 6.58. The first-order valence-corrected chi connectivity index (χ1v) is 8.89. The second-order valence-electron chi connectivity index (χ2n) is 4.80. The van der Waals surface area contributed by atoms with Crippen LogP contribution < -0.4 is 5.32 Å². The van der Waals surface area contributed by atoms with Gasteiger partial charge < -0.3 is 10.1 Å². The summed E-state index contributed by atoms with van der Waals surface area (Å²) >= 11 is 2.56. The summed E-state index contributed by atoms with van der Waals surface area (Å²) in [5, 5.41) is 15.9. The quantitative estimate of drug-likeness (QED) is 0.695. The number of thiazole rings is 1. The van der Waals surface area contributed by atoms with Gasteiger partial charge in [0.2, 0.25) is 0 Å². The Kier molecular flexibility index (Phi) is 5.18. The topological polar surface area (TPSA) is 92.1 Å². The van der Waals surface area contributed by atoms with Crippen LogP contribution in [0.15, 0.2) is 47.2 Å². The van der Waals surface area contributed by atoms with Gasteiger partial charge in [0.25, 0.3) is 5.91 Å². The third-order valence-electron chi connectivity index (χ3n) is 3.11. The van der Waals surface area contributed by atoms with Crippen molar-refractivity contribution in [1.82, 2.24) is 4.98 Å². The van der Waals surface area contributed by atoms with Gasteiger partial charge in [0.1, 0.15) is 16.1 Å². The van der Waals surface area contributed by atoms with Crippen molar-refractivity contribution >= 4 is 39.6 Å². The van der Waals surface area contributed by atoms with E-state index in [1.807, 2.05) is 36.4 Å². The number of hydrogen-bond acceptors (Lipinski definition) is 7. The summed E-state index contributed by atoms with van der Waals surface area (Å²) in [7, 11) is 0. The third kappa shape index (κ3) is 4.09. The number of rotatable bonds is 5. The Morgan fingerprint density at radius 1 is 1.20 bits per heavy atom. The molecule has 25 heavy (non-hydrogen) atoms. The molecule has 0 fully saturated rings. The van der Waals surface area contributed by atoms with E-state index in [0.29, 0.717) is 15.6 Å². The molecule has 0 radical (unpaired) electrons. The molecule has 2 aromatic heterocycles. The second kappa shape index (κ2) is 7.70. The molecular weight excluding hydrogens is 358 g/mol. The number of nitrogens with zero attached hydrogens (tertiary/aromatic N) is 2. The molecule has 1 N–H and O–H groups in total. The Bertz CT molecular complexity index is 941. The fraction of sp³-hybridized carbons (Fsp3) is 0.0588. The summed E-state index contributed by atoms with van der Waals surface area (Å²) in [6.07, 6.45) is 0. The zero-order valence-corrected chi connectivity index (χ0v) is 14.4. The van der Waals surface area contributed by atoms with Crippen molar-refractivity contribution in [2.24, 2.45) is 0 Å². The van der Waals surface area contributed by atoms with E-state index in [-0.39, 0.29) is 5.69 Å². The van der Waals surface area contributed by atoms with Crippen LogP contribution in [0, 0.1) is 11.3 Å². The maximum atomic E-state index is 12.0. The zero-order chi connectivity index (χ0) is 17.6. The highest BCUT2D eigenvalue weighted by Gasteiger charge is 2.15. The van der Waals surface area contributed by atoms with Crippen LogP contribution in [0.25, 0.3) is 10.6 Å². The normalized spacial score (nSPS) is 10.0. The summed E-state index contributed by atoms with van der Waals surface area (Å²) in [5.74, 6) is -1.17. The van der Waals surface area contributed by atoms with Crippen molar-refractivity contribution in [3.05, 3.63) is 58.4 Å². The predicted octanol–water partition coefficient (Wildman–Crippen LogP) is 3.54. The first-order valence-electron chi connectivity index (χ1n) is 7.13. The molecule has 0 aliphatic carbocycles. The van der Waals surface area contributed by atoms with E-state index in [0.717, 1.165) is 5.56 Å². The Labute approximate surface area is 151 Å². The van der Waals surface area contributed by atoms with Crippen LogP contribution in [0.2, 0.25) is 0 Å². The highest BCUT2D eigenvalue weighted by molar-refractivity contribution is 7.14. The number of benzene rings is 1. The lowest BCUT2D eigenvalue weighted by Crippen LogP contribution is -2.21. The molecule has 3 rings (SSSR count). The Morgan fingerprint density at radius 2 is 2.00 bits per heavy atom. The van der Waals surface area contributed by atoms with Crippen LogP contribution in [0.5, 0.6) is 0 Å². The molecule has 124 valence electrons. The SMILES string of the molecule is N#Cc1ccsc1NC(=O)COC(=O)c1csc(-c2ccccc2)n1. The van der Waals surface area contributed by atoms with Gasteiger partial charge in [-0.1, -0.05) is 30.3 Å². The molecule has 1 amide bonds. The van der Waals surface area contributed by atoms with Gasteiger partial charge in [-0.25, -0.2) is 9.78 Å². The number of nitrogens with one attached hydrogen (secondary N) is 1. The number of hydrogen-bond donors (Lipinski definition) is 1. The average molecular weight is 369 g/mol. The number of amides is 1. The standard InChI is InChI=1S/C17H11N3O3S2/c18-8-12-6-7-24-16(12)20-14(21)9-23-17(22)13-10-25-15(19-13)11-4-2-1-3-5-11/h1-7,10H,9H2,(H,20,21). The Balaban J connectivity index is 1.57. The Morgan fingerprint density at radius 3 is 2.76 bits per heavy atom. The molecule has 3 aromatic rings. The number of esters is 1. The number of ether oxygens (including phenoxy) is 1. The minimum atomic E-state index is -0.666. The molecule has 0 bridgehead atoms. The van der Waals surface area contributed by atoms with Gasteiger partial charge in [-0.05, 0) is 11.4 Å². The van der Waals surface area contributed by atoms with E-state index in [9.17, 15) is 9.59 Å². The molecule has 0 unspecified atom stereocenters. The summed E-state index contributed by atoms with van der Waals surface area (Å²) in [6, 6.07) is 13.0. The van der Waals surface area contributed by atoms with E-state index in [4.69, 9.17) is 10.00 Å². The number of thiophene rings is 1. The van der Waals surface area contributed by atoms with E-state index in [1.54, 1.807) is 16.8 Å². The van der Waals surface area contributed by atoms with Gasteiger partial charge in [0.15, 0.2) is 12.3 Å². The van der Waals surface area contributed by atoms with Crippen LogP contribution in [-0.4, -0.2) is 23.5 Å². The highest BCUT2D eigenvalue weighted by Crippen LogP contribution is 2.24. The molecule has 0 aliphatic rings. The van der Waals surface area contributed by atoms with E-state index < -0.39 is 18.5 Å². The molecule has 0 spiro atoms. The maximum absolute atomic E-state index is 12.0. The maximum Gasteiger partial charge on any atom is 0.358 e. The van der Waals surface area contributed by atoms with Crippen molar-refractivity contribution in [3.8, 4) is 16.6 Å². The minimum absolute atomic E-state index is 0.158. The Hall–Kier alpha value is -3.02. The van der Waals surface area contributed by atoms with Crippen molar-refractivity contribution in [1.29, 1.82) is 5.26 Å². The molecule has 0 atom stereocenters. The summed E-state index contributed by atoms with van der Waals surface area (Å²) in [4.78, 5) is 28.1. The van der Waals surface area contributed by atoms with Gasteiger partial charge >= 0.3 is 5.97 Å². The molecule has 8 heteroatoms. The lowest BCUT2D eigenvalue weighted by atomic mass is 10.2. The van der Waals surface area contributed by atoms with Crippen molar-refractivity contribution < 1.29 is 14.3 Å². The summed E-state index contributed by atoms with van der Waals surface area (Å²) in [6.45, 7) is -0.445. The largest absolute Gasteiger partial charge is 0.451 e. The van der Waals surface area contributed by atoms with Gasteiger partial charge in [-0.2, -0.15) is 5.26 Å². The number of carbonyl (C=O) groups excluding carboxylic acids is 2. The molecule has 0 saturated carbocycles. The highest BCUT2D eigenvalue weighted by atomic mass is 32.1. The smallest absolute Gasteiger partial charge is 0.358 e. The lowest BCUT2D eigenvalue weighted by molar-refractivity contribution is -0.119. The van der Waals surface area contributed by atoms with Crippen molar-refractivity contribution in [2.45, 2.75) is 0 Å². The fourth-order valence-electron chi connectivity index (χ4n) is 1.94. The number of anilines is 1. The number of carbonyl (C=O) groups is 2. The molecule has 6 nitrogen and oxygen atoms in total. The van der Waals surface area contributed by atoms with Crippen LogP contribution in [0.3, 0.4) is 0 Å². The van der Waals surface area contributed by atoms with Crippen LogP contribution in [0.4, 0.5) is 5.00 Å². The number of aromatic nitrogens is 1. The van der Waals surface area contributed by atoms with E-state index in [2.05, 4.69) is 10.3 Å². The summed E-state index contributed by atoms with van der Waals surface area (Å²) < 4.78 is 4.98. The third-order valence-corrected chi connectivity index (χ3v) is 4.83. The van der Waals surface area contributed by atoms with Gasteiger partial charge in [0, 0.05) is 10.9 Å². The van der Waals surface area contributed by atoms with Gasteiger partial charge in [-0.15, -0.1) is 22.7 Å². The molecule has 1 aromatic carbocycles. The predicted molar refractivity (Wildman–Crippen MR) is 95.5 cm³/mol. The first kappa shape index (κ1) is 16.8. The van der Waals surface area contributed by atoms with Gasteiger partial charge in [-0.3, -0.25) is 4.79 Å². The van der Waals surface area contributed by atoms with Gasteiger partial charge in [0.05, 0.1) is 5.56 Å². The molecular formula is C17H11N3O3S2. The molecule has 0 saturated heterocycles. The van der Waals surface area contributed by atoms with Crippen molar-refractivity contribution in [2.75, 3.05) is 11.9 Å². The van der Waals surface area contributed by atoms with E-state index in [1.165, 1.54) is 22.7 Å². The van der Waals surface area contributed by atoms with Crippen LogP contribution in [-0.2, 0) is 9.53 Å². The number of nitriles is 1. The molecule has 0 aliphatic heterocycles. The first-order chi connectivity index (χ1) is 12.2. The zero-order valence-electron chi connectivity index (χ0n) is 12.8. The molecule has 2 heterocycles. The minimum Gasteiger partial charge on any atom is -0.451 e. The van der Waals surface area contributed by atoms with E-state index >= 15 is 0 Å². The van der Waals surface area contributed by atoms with Crippen LogP contribution in [0.1, 0.15) is 16.1 Å². The fourth-order valence-corrected chi connectivity index (χ4v) is 3.49. The monoisotopic (exact) mass is 369 g/mol.